The molecular formula is C3H9Cl2N5. The van der Waals surface area contributed by atoms with Crippen LogP contribution < -0.4 is 11.5 Å². The first-order valence-electron chi connectivity index (χ1n) is 2.19. The predicted molar refractivity (Wildman–Crippen MR) is 43.2 cm³/mol. The highest BCUT2D eigenvalue weighted by atomic mass is 35.5. The van der Waals surface area contributed by atoms with Gasteiger partial charge in [-0.1, -0.05) is 0 Å². The molecule has 0 unspecified atom stereocenters. The number of nitrogens with zero attached hydrogens (tertiary/aromatic N) is 2. The number of halogens is 2. The molecule has 10 heavy (non-hydrogen) atoms. The second-order valence-electron chi connectivity index (χ2n) is 1.34. The molecule has 0 fully saturated rings. The molecule has 1 aromatic heterocycles. The summed E-state index contributed by atoms with van der Waals surface area (Å²) < 4.78 is 0. The molecule has 7 heteroatoms. The van der Waals surface area contributed by atoms with Crippen molar-refractivity contribution in [2.24, 2.45) is 5.73 Å². The summed E-state index contributed by atoms with van der Waals surface area (Å²) in [5.41, 5.74) is 10.3. The summed E-state index contributed by atoms with van der Waals surface area (Å²) in [5, 5.41) is 6.09. The molecular weight excluding hydrogens is 177 g/mol. The lowest BCUT2D eigenvalue weighted by molar-refractivity contribution is 0.917. The largest absolute Gasteiger partial charge is 0.367 e. The smallest absolute Gasteiger partial charge is 0.239 e. The summed E-state index contributed by atoms with van der Waals surface area (Å²) >= 11 is 0. The van der Waals surface area contributed by atoms with E-state index in [1.54, 1.807) is 0 Å². The van der Waals surface area contributed by atoms with Gasteiger partial charge in [0.2, 0.25) is 5.95 Å². The molecule has 0 aliphatic carbocycles. The Labute approximate surface area is 70.4 Å². The maximum atomic E-state index is 5.17. The van der Waals surface area contributed by atoms with E-state index in [-0.39, 0.29) is 30.8 Å². The molecule has 5 N–H and O–H groups in total. The van der Waals surface area contributed by atoms with Gasteiger partial charge < -0.3 is 11.5 Å². The molecule has 1 heterocycles. The summed E-state index contributed by atoms with van der Waals surface area (Å²) in [7, 11) is 0. The number of hydrogen-bond donors (Lipinski definition) is 3. The molecule has 0 aliphatic rings. The number of nitrogens with one attached hydrogen (secondary N) is 1. The van der Waals surface area contributed by atoms with Crippen LogP contribution >= 0.6 is 24.8 Å². The fourth-order valence-corrected chi connectivity index (χ4v) is 0.401. The van der Waals surface area contributed by atoms with Crippen LogP contribution in [0, 0.1) is 0 Å². The maximum Gasteiger partial charge on any atom is 0.239 e. The molecule has 0 amide bonds. The topological polar surface area (TPSA) is 93.6 Å². The van der Waals surface area contributed by atoms with Gasteiger partial charge in [-0.25, -0.2) is 0 Å². The van der Waals surface area contributed by atoms with Gasteiger partial charge >= 0.3 is 0 Å². The molecule has 0 aliphatic heterocycles. The van der Waals surface area contributed by atoms with E-state index >= 15 is 0 Å². The van der Waals surface area contributed by atoms with Crippen LogP contribution in [0.2, 0.25) is 0 Å². The van der Waals surface area contributed by atoms with Crippen molar-refractivity contribution in [3.63, 3.8) is 0 Å². The Kier molecular flexibility index (Phi) is 6.43. The van der Waals surface area contributed by atoms with Crippen molar-refractivity contribution in [3.05, 3.63) is 5.82 Å². The second kappa shape index (κ2) is 5.28. The number of anilines is 1. The number of H-pyrrole nitrogens is 1. The fourth-order valence-electron chi connectivity index (χ4n) is 0.401. The van der Waals surface area contributed by atoms with Gasteiger partial charge in [0, 0.05) is 0 Å². The Balaban J connectivity index is 0. The van der Waals surface area contributed by atoms with E-state index in [0.717, 1.165) is 0 Å². The molecule has 1 rings (SSSR count). The van der Waals surface area contributed by atoms with Crippen molar-refractivity contribution in [1.29, 1.82) is 0 Å². The van der Waals surface area contributed by atoms with Crippen LogP contribution in [0.5, 0.6) is 0 Å². The van der Waals surface area contributed by atoms with E-state index in [1.807, 2.05) is 0 Å². The minimum Gasteiger partial charge on any atom is -0.367 e. The van der Waals surface area contributed by atoms with Gasteiger partial charge in [-0.05, 0) is 0 Å². The number of nitrogen functional groups attached to an aromatic ring is 1. The Bertz CT molecular complexity index is 175. The van der Waals surface area contributed by atoms with Crippen LogP contribution in [-0.4, -0.2) is 15.2 Å². The van der Waals surface area contributed by atoms with Gasteiger partial charge in [0.25, 0.3) is 0 Å². The predicted octanol–water partition coefficient (Wildman–Crippen LogP) is -0.311. The highest BCUT2D eigenvalue weighted by Gasteiger charge is 1.92. The minimum atomic E-state index is 0. The Morgan fingerprint density at radius 2 is 2.00 bits per heavy atom. The van der Waals surface area contributed by atoms with Crippen LogP contribution in [0.15, 0.2) is 0 Å². The third kappa shape index (κ3) is 2.86. The highest BCUT2D eigenvalue weighted by molar-refractivity contribution is 5.85. The Morgan fingerprint density at radius 3 is 2.20 bits per heavy atom. The van der Waals surface area contributed by atoms with Gasteiger partial charge in [-0.3, -0.25) is 5.10 Å². The lowest BCUT2D eigenvalue weighted by atomic mass is 10.6. The fraction of sp³-hybridized carbons (Fsp3) is 0.333. The summed E-state index contributed by atoms with van der Waals surface area (Å²) in [4.78, 5) is 3.72. The van der Waals surface area contributed by atoms with Gasteiger partial charge in [-0.2, -0.15) is 4.98 Å². The SMILES string of the molecule is Cl.Cl.NCc1nc(N)n[nH]1. The third-order valence-electron chi connectivity index (χ3n) is 0.742. The monoisotopic (exact) mass is 185 g/mol. The minimum absolute atomic E-state index is 0. The van der Waals surface area contributed by atoms with Crippen LogP contribution in [0.1, 0.15) is 5.82 Å². The first-order chi connectivity index (χ1) is 3.83. The summed E-state index contributed by atoms with van der Waals surface area (Å²) in [6.45, 7) is 0.351. The zero-order chi connectivity index (χ0) is 5.98. The number of aromatic nitrogens is 3. The van der Waals surface area contributed by atoms with Crippen LogP contribution in [-0.2, 0) is 6.54 Å². The van der Waals surface area contributed by atoms with E-state index in [0.29, 0.717) is 12.4 Å². The molecule has 0 saturated carbocycles. The van der Waals surface area contributed by atoms with Gasteiger partial charge in [-0.15, -0.1) is 29.9 Å². The van der Waals surface area contributed by atoms with Crippen molar-refractivity contribution < 1.29 is 0 Å². The number of rotatable bonds is 1. The van der Waals surface area contributed by atoms with Crippen molar-refractivity contribution in [3.8, 4) is 0 Å². The average Bonchev–Trinajstić information content (AvgIpc) is 2.14. The molecule has 0 saturated heterocycles. The number of nitrogens with two attached hydrogens (primary N) is 2. The van der Waals surface area contributed by atoms with E-state index in [9.17, 15) is 0 Å². The average molecular weight is 186 g/mol. The quantitative estimate of drug-likeness (QED) is 0.560. The molecule has 0 bridgehead atoms. The van der Waals surface area contributed by atoms with Crippen LogP contribution in [0.3, 0.4) is 0 Å². The lowest BCUT2D eigenvalue weighted by Gasteiger charge is -1.78. The second-order valence-corrected chi connectivity index (χ2v) is 1.34. The molecule has 0 aromatic carbocycles. The van der Waals surface area contributed by atoms with E-state index < -0.39 is 0 Å². The van der Waals surface area contributed by atoms with Crippen LogP contribution in [0.25, 0.3) is 0 Å². The standard InChI is InChI=1S/C3H7N5.2ClH/c4-1-2-6-3(5)8-7-2;;/h1,4H2,(H3,5,6,7,8);2*1H. The molecule has 0 radical (unpaired) electrons. The summed E-state index contributed by atoms with van der Waals surface area (Å²) in [5.74, 6) is 0.855. The normalized spacial score (nSPS) is 7.70. The van der Waals surface area contributed by atoms with E-state index in [2.05, 4.69) is 15.2 Å². The molecule has 1 aromatic rings. The first-order valence-corrected chi connectivity index (χ1v) is 2.19. The molecule has 0 spiro atoms. The van der Waals surface area contributed by atoms with Crippen molar-refractivity contribution >= 4 is 30.8 Å². The molecule has 0 atom stereocenters. The zero-order valence-corrected chi connectivity index (χ0v) is 6.71. The molecule has 60 valence electrons. The lowest BCUT2D eigenvalue weighted by Crippen LogP contribution is -1.98. The number of hydrogen-bond acceptors (Lipinski definition) is 4. The maximum absolute atomic E-state index is 5.17. The van der Waals surface area contributed by atoms with E-state index in [4.69, 9.17) is 11.5 Å². The van der Waals surface area contributed by atoms with E-state index in [1.165, 1.54) is 0 Å². The number of aromatic amines is 1. The third-order valence-corrected chi connectivity index (χ3v) is 0.742. The Hall–Kier alpha value is -0.520. The van der Waals surface area contributed by atoms with Gasteiger partial charge in [0.05, 0.1) is 6.54 Å². The van der Waals surface area contributed by atoms with Crippen molar-refractivity contribution in [2.75, 3.05) is 5.73 Å². The van der Waals surface area contributed by atoms with Gasteiger partial charge in [0.15, 0.2) is 0 Å². The Morgan fingerprint density at radius 1 is 1.40 bits per heavy atom. The first kappa shape index (κ1) is 12.2. The highest BCUT2D eigenvalue weighted by Crippen LogP contribution is 1.88. The van der Waals surface area contributed by atoms with Crippen molar-refractivity contribution in [2.45, 2.75) is 6.54 Å². The molecule has 5 nitrogen and oxygen atoms in total. The van der Waals surface area contributed by atoms with Crippen molar-refractivity contribution in [1.82, 2.24) is 15.2 Å². The summed E-state index contributed by atoms with van der Waals surface area (Å²) in [6, 6.07) is 0. The van der Waals surface area contributed by atoms with Gasteiger partial charge in [0.1, 0.15) is 5.82 Å². The van der Waals surface area contributed by atoms with Crippen LogP contribution in [0.4, 0.5) is 5.95 Å². The summed E-state index contributed by atoms with van der Waals surface area (Å²) in [6.07, 6.45) is 0. The zero-order valence-electron chi connectivity index (χ0n) is 5.07.